The van der Waals surface area contributed by atoms with Crippen LogP contribution in [0.2, 0.25) is 0 Å². The van der Waals surface area contributed by atoms with Crippen molar-refractivity contribution in [3.63, 3.8) is 0 Å². The van der Waals surface area contributed by atoms with Crippen molar-refractivity contribution in [3.05, 3.63) is 83.6 Å². The zero-order chi connectivity index (χ0) is 24.8. The molecule has 4 aromatic rings. The molecule has 0 aliphatic heterocycles. The summed E-state index contributed by atoms with van der Waals surface area (Å²) in [5.41, 5.74) is 3.62. The number of para-hydroxylation sites is 2. The fraction of sp³-hybridized carbons (Fsp3) is 0.107. The van der Waals surface area contributed by atoms with Gasteiger partial charge in [-0.15, -0.1) is 0 Å². The Kier molecular flexibility index (Phi) is 7.07. The molecule has 7 nitrogen and oxygen atoms in total. The molecule has 0 spiro atoms. The van der Waals surface area contributed by atoms with Crippen LogP contribution in [-0.4, -0.2) is 37.3 Å². The molecule has 0 bridgehead atoms. The van der Waals surface area contributed by atoms with Crippen LogP contribution in [0.4, 0.5) is 5.69 Å². The molecule has 0 atom stereocenters. The lowest BCUT2D eigenvalue weighted by atomic mass is 10.1. The second-order valence-corrected chi connectivity index (χ2v) is 7.65. The van der Waals surface area contributed by atoms with E-state index in [-0.39, 0.29) is 11.7 Å². The molecule has 3 aromatic carbocycles. The summed E-state index contributed by atoms with van der Waals surface area (Å²) in [5, 5.41) is 14.2. The molecular formula is C28H26N2O5. The standard InChI is InChI=1S/C28H26N2O5/c1-33-24-15-18(16-25(34-2)28(24)35-3)11-12-19-7-6-10-23(31)27(19)30-26(32)14-13-20-17-29-22-9-5-4-8-21(20)22/h4-17,29,31H,1-3H3,(H,30,32)/b12-11?,14-13+. The van der Waals surface area contributed by atoms with Crippen molar-refractivity contribution in [1.82, 2.24) is 4.98 Å². The van der Waals surface area contributed by atoms with Gasteiger partial charge in [-0.2, -0.15) is 0 Å². The molecule has 0 unspecified atom stereocenters. The van der Waals surface area contributed by atoms with Gasteiger partial charge >= 0.3 is 0 Å². The van der Waals surface area contributed by atoms with Gasteiger partial charge in [0, 0.05) is 28.7 Å². The Morgan fingerprint density at radius 2 is 1.63 bits per heavy atom. The summed E-state index contributed by atoms with van der Waals surface area (Å²) in [4.78, 5) is 15.8. The number of carbonyl (C=O) groups excluding carboxylic acids is 1. The number of hydrogen-bond donors (Lipinski definition) is 3. The van der Waals surface area contributed by atoms with Gasteiger partial charge in [-0.05, 0) is 41.5 Å². The highest BCUT2D eigenvalue weighted by Crippen LogP contribution is 2.39. The molecule has 178 valence electrons. The smallest absolute Gasteiger partial charge is 0.248 e. The van der Waals surface area contributed by atoms with Crippen LogP contribution in [0.1, 0.15) is 16.7 Å². The highest BCUT2D eigenvalue weighted by atomic mass is 16.5. The van der Waals surface area contributed by atoms with Gasteiger partial charge in [0.1, 0.15) is 5.75 Å². The van der Waals surface area contributed by atoms with Crippen LogP contribution in [0.25, 0.3) is 29.1 Å². The highest BCUT2D eigenvalue weighted by molar-refractivity contribution is 6.05. The second-order valence-electron chi connectivity index (χ2n) is 7.65. The summed E-state index contributed by atoms with van der Waals surface area (Å²) >= 11 is 0. The summed E-state index contributed by atoms with van der Waals surface area (Å²) in [6.07, 6.45) is 8.64. The minimum Gasteiger partial charge on any atom is -0.506 e. The van der Waals surface area contributed by atoms with Crippen molar-refractivity contribution in [1.29, 1.82) is 0 Å². The van der Waals surface area contributed by atoms with Crippen molar-refractivity contribution in [2.24, 2.45) is 0 Å². The quantitative estimate of drug-likeness (QED) is 0.174. The summed E-state index contributed by atoms with van der Waals surface area (Å²) in [6, 6.07) is 16.5. The number of aromatic hydroxyl groups is 1. The molecule has 35 heavy (non-hydrogen) atoms. The number of hydrogen-bond acceptors (Lipinski definition) is 5. The lowest BCUT2D eigenvalue weighted by Crippen LogP contribution is -2.09. The molecule has 1 heterocycles. The molecule has 0 aliphatic carbocycles. The summed E-state index contributed by atoms with van der Waals surface area (Å²) in [7, 11) is 4.65. The summed E-state index contributed by atoms with van der Waals surface area (Å²) in [6.45, 7) is 0. The van der Waals surface area contributed by atoms with E-state index in [9.17, 15) is 9.90 Å². The van der Waals surface area contributed by atoms with Gasteiger partial charge in [0.25, 0.3) is 0 Å². The van der Waals surface area contributed by atoms with Gasteiger partial charge in [0.2, 0.25) is 11.7 Å². The number of aromatic nitrogens is 1. The number of ether oxygens (including phenoxy) is 3. The van der Waals surface area contributed by atoms with Gasteiger partial charge in [-0.3, -0.25) is 4.79 Å². The van der Waals surface area contributed by atoms with E-state index in [0.717, 1.165) is 22.0 Å². The zero-order valence-corrected chi connectivity index (χ0v) is 19.7. The average Bonchev–Trinajstić information content (AvgIpc) is 3.30. The summed E-state index contributed by atoms with van der Waals surface area (Å²) in [5.74, 6) is 1.15. The molecule has 3 N–H and O–H groups in total. The third kappa shape index (κ3) is 5.14. The first-order chi connectivity index (χ1) is 17.0. The number of fused-ring (bicyclic) bond motifs is 1. The number of benzene rings is 3. The molecule has 0 radical (unpaired) electrons. The number of carbonyl (C=O) groups is 1. The Labute approximate surface area is 203 Å². The Morgan fingerprint density at radius 1 is 0.886 bits per heavy atom. The zero-order valence-electron chi connectivity index (χ0n) is 19.7. The van der Waals surface area contributed by atoms with Gasteiger partial charge < -0.3 is 29.6 Å². The lowest BCUT2D eigenvalue weighted by Gasteiger charge is -2.13. The predicted molar refractivity (Wildman–Crippen MR) is 139 cm³/mol. The molecular weight excluding hydrogens is 444 g/mol. The maximum absolute atomic E-state index is 12.7. The molecule has 1 aromatic heterocycles. The number of phenols is 1. The fourth-order valence-corrected chi connectivity index (χ4v) is 3.78. The van der Waals surface area contributed by atoms with E-state index in [0.29, 0.717) is 28.5 Å². The fourth-order valence-electron chi connectivity index (χ4n) is 3.78. The van der Waals surface area contributed by atoms with Crippen LogP contribution in [0.3, 0.4) is 0 Å². The number of phenolic OH excluding ortho intramolecular Hbond substituents is 1. The number of nitrogens with one attached hydrogen (secondary N) is 2. The Balaban J connectivity index is 1.57. The maximum Gasteiger partial charge on any atom is 0.248 e. The first-order valence-corrected chi connectivity index (χ1v) is 10.9. The van der Waals surface area contributed by atoms with Crippen molar-refractivity contribution in [3.8, 4) is 23.0 Å². The Hall–Kier alpha value is -4.65. The van der Waals surface area contributed by atoms with E-state index in [1.54, 1.807) is 45.6 Å². The van der Waals surface area contributed by atoms with E-state index in [1.165, 1.54) is 12.1 Å². The number of anilines is 1. The molecule has 0 saturated carbocycles. The molecule has 1 amide bonds. The van der Waals surface area contributed by atoms with Crippen LogP contribution < -0.4 is 19.5 Å². The highest BCUT2D eigenvalue weighted by Gasteiger charge is 2.13. The van der Waals surface area contributed by atoms with Crippen molar-refractivity contribution in [2.45, 2.75) is 0 Å². The monoisotopic (exact) mass is 470 g/mol. The van der Waals surface area contributed by atoms with Crippen LogP contribution >= 0.6 is 0 Å². The molecule has 0 aliphatic rings. The maximum atomic E-state index is 12.7. The van der Waals surface area contributed by atoms with Crippen molar-refractivity contribution < 1.29 is 24.1 Å². The van der Waals surface area contributed by atoms with Gasteiger partial charge in [0.05, 0.1) is 27.0 Å². The molecule has 0 saturated heterocycles. The minimum atomic E-state index is -0.362. The van der Waals surface area contributed by atoms with E-state index in [4.69, 9.17) is 14.2 Å². The van der Waals surface area contributed by atoms with Crippen LogP contribution in [0.15, 0.2) is 66.9 Å². The van der Waals surface area contributed by atoms with Crippen LogP contribution in [-0.2, 0) is 4.79 Å². The summed E-state index contributed by atoms with van der Waals surface area (Å²) < 4.78 is 16.2. The second kappa shape index (κ2) is 10.5. The first kappa shape index (κ1) is 23.5. The third-order valence-electron chi connectivity index (χ3n) is 5.50. The molecule has 0 fully saturated rings. The number of methoxy groups -OCH3 is 3. The number of H-pyrrole nitrogens is 1. The average molecular weight is 471 g/mol. The van der Waals surface area contributed by atoms with E-state index < -0.39 is 0 Å². The number of rotatable bonds is 8. The van der Waals surface area contributed by atoms with E-state index in [2.05, 4.69) is 10.3 Å². The van der Waals surface area contributed by atoms with Crippen molar-refractivity contribution >= 4 is 40.7 Å². The van der Waals surface area contributed by atoms with Gasteiger partial charge in [-0.1, -0.05) is 42.5 Å². The number of aromatic amines is 1. The minimum absolute atomic E-state index is 0.0362. The SMILES string of the molecule is COc1cc(C=Cc2cccc(O)c2NC(=O)/C=C/c2c[nH]c3ccccc23)cc(OC)c1OC. The Bertz CT molecular complexity index is 1390. The molecule has 7 heteroatoms. The third-order valence-corrected chi connectivity index (χ3v) is 5.50. The van der Waals surface area contributed by atoms with E-state index in [1.807, 2.05) is 48.7 Å². The van der Waals surface area contributed by atoms with Crippen molar-refractivity contribution in [2.75, 3.05) is 26.6 Å². The normalized spacial score (nSPS) is 11.3. The van der Waals surface area contributed by atoms with Gasteiger partial charge in [0.15, 0.2) is 11.5 Å². The van der Waals surface area contributed by atoms with E-state index >= 15 is 0 Å². The molecule has 4 rings (SSSR count). The lowest BCUT2D eigenvalue weighted by molar-refractivity contribution is -0.111. The van der Waals surface area contributed by atoms with Crippen LogP contribution in [0.5, 0.6) is 23.0 Å². The van der Waals surface area contributed by atoms with Gasteiger partial charge in [-0.25, -0.2) is 0 Å². The topological polar surface area (TPSA) is 92.8 Å². The number of amides is 1. The first-order valence-electron chi connectivity index (χ1n) is 10.9. The largest absolute Gasteiger partial charge is 0.506 e. The van der Waals surface area contributed by atoms with Crippen LogP contribution in [0, 0.1) is 0 Å². The predicted octanol–water partition coefficient (Wildman–Crippen LogP) is 5.72. The Morgan fingerprint density at radius 3 is 2.34 bits per heavy atom.